The second-order valence-corrected chi connectivity index (χ2v) is 8.22. The normalized spacial score (nSPS) is 12.7. The van der Waals surface area contributed by atoms with E-state index in [2.05, 4.69) is 13.8 Å². The third-order valence-electron chi connectivity index (χ3n) is 4.87. The standard InChI is InChI=1S/C21H37N3O2/c1-8-10-14-23(15-18-12-11-13-22(18)7)19(25)16-24(17(3)9-2)20(26)21(4,5)6/h11-13,17H,8-10,14-16H2,1-7H3. The number of unbranched alkanes of at least 4 members (excludes halogenated alkanes) is 1. The second kappa shape index (κ2) is 9.79. The van der Waals surface area contributed by atoms with Crippen LogP contribution in [0.3, 0.4) is 0 Å². The van der Waals surface area contributed by atoms with Crippen LogP contribution in [-0.4, -0.2) is 45.3 Å². The van der Waals surface area contributed by atoms with Crippen molar-refractivity contribution in [3.63, 3.8) is 0 Å². The molecule has 1 rings (SSSR count). The van der Waals surface area contributed by atoms with Crippen molar-refractivity contribution < 1.29 is 9.59 Å². The molecule has 0 fully saturated rings. The van der Waals surface area contributed by atoms with Crippen molar-refractivity contribution in [1.82, 2.24) is 14.4 Å². The zero-order valence-electron chi connectivity index (χ0n) is 17.7. The van der Waals surface area contributed by atoms with Crippen LogP contribution in [0.25, 0.3) is 0 Å². The SMILES string of the molecule is CCCCN(Cc1cccn1C)C(=O)CN(C(=O)C(C)(C)C)C(C)CC. The van der Waals surface area contributed by atoms with Gasteiger partial charge in [-0.2, -0.15) is 0 Å². The van der Waals surface area contributed by atoms with E-state index in [1.807, 2.05) is 62.5 Å². The van der Waals surface area contributed by atoms with Crippen molar-refractivity contribution in [2.45, 2.75) is 73.4 Å². The molecule has 0 aromatic carbocycles. The first-order valence-electron chi connectivity index (χ1n) is 9.80. The first-order valence-corrected chi connectivity index (χ1v) is 9.80. The second-order valence-electron chi connectivity index (χ2n) is 8.22. The van der Waals surface area contributed by atoms with E-state index in [1.165, 1.54) is 0 Å². The van der Waals surface area contributed by atoms with Gasteiger partial charge in [0.05, 0.1) is 6.54 Å². The van der Waals surface area contributed by atoms with Gasteiger partial charge in [-0.25, -0.2) is 0 Å². The van der Waals surface area contributed by atoms with Crippen molar-refractivity contribution >= 4 is 11.8 Å². The van der Waals surface area contributed by atoms with Crippen molar-refractivity contribution in [1.29, 1.82) is 0 Å². The average Bonchev–Trinajstić information content (AvgIpc) is 2.98. The molecule has 1 aromatic heterocycles. The minimum absolute atomic E-state index is 0.0255. The molecule has 0 radical (unpaired) electrons. The highest BCUT2D eigenvalue weighted by molar-refractivity contribution is 5.87. The lowest BCUT2D eigenvalue weighted by atomic mass is 9.93. The Morgan fingerprint density at radius 1 is 1.23 bits per heavy atom. The maximum absolute atomic E-state index is 13.1. The van der Waals surface area contributed by atoms with Gasteiger partial charge in [0.1, 0.15) is 6.54 Å². The van der Waals surface area contributed by atoms with Crippen molar-refractivity contribution in [2.24, 2.45) is 12.5 Å². The molecule has 0 aliphatic rings. The Balaban J connectivity index is 2.96. The molecule has 0 aliphatic carbocycles. The van der Waals surface area contributed by atoms with Gasteiger partial charge in [0, 0.05) is 36.9 Å². The first kappa shape index (κ1) is 22.3. The van der Waals surface area contributed by atoms with Gasteiger partial charge in [-0.15, -0.1) is 0 Å². The van der Waals surface area contributed by atoms with Crippen LogP contribution in [0, 0.1) is 5.41 Å². The Bertz CT molecular complexity index is 586. The summed E-state index contributed by atoms with van der Waals surface area (Å²) in [5.74, 6) is 0.0621. The third-order valence-corrected chi connectivity index (χ3v) is 4.87. The van der Waals surface area contributed by atoms with E-state index in [1.54, 1.807) is 4.90 Å². The van der Waals surface area contributed by atoms with E-state index in [-0.39, 0.29) is 24.4 Å². The molecule has 1 heterocycles. The number of aryl methyl sites for hydroxylation is 1. The van der Waals surface area contributed by atoms with Crippen LogP contribution in [0.5, 0.6) is 0 Å². The molecule has 0 saturated heterocycles. The summed E-state index contributed by atoms with van der Waals surface area (Å²) in [5.41, 5.74) is 0.613. The van der Waals surface area contributed by atoms with Gasteiger partial charge in [-0.3, -0.25) is 9.59 Å². The van der Waals surface area contributed by atoms with Gasteiger partial charge in [0.25, 0.3) is 0 Å². The number of hydrogen-bond acceptors (Lipinski definition) is 2. The summed E-state index contributed by atoms with van der Waals surface area (Å²) in [6.07, 6.45) is 4.83. The average molecular weight is 364 g/mol. The lowest BCUT2D eigenvalue weighted by molar-refractivity contribution is -0.148. The predicted octanol–water partition coefficient (Wildman–Crippen LogP) is 3.83. The number of hydrogen-bond donors (Lipinski definition) is 0. The van der Waals surface area contributed by atoms with Gasteiger partial charge in [0.15, 0.2) is 0 Å². The molecule has 1 atom stereocenters. The molecule has 5 nitrogen and oxygen atoms in total. The number of carbonyl (C=O) groups excluding carboxylic acids is 2. The van der Waals surface area contributed by atoms with Gasteiger partial charge in [-0.05, 0) is 31.9 Å². The Hall–Kier alpha value is -1.78. The number of carbonyl (C=O) groups is 2. The van der Waals surface area contributed by atoms with Gasteiger partial charge >= 0.3 is 0 Å². The highest BCUT2D eigenvalue weighted by Crippen LogP contribution is 2.20. The molecule has 0 aliphatic heterocycles. The van der Waals surface area contributed by atoms with Crippen LogP contribution in [0.1, 0.15) is 66.5 Å². The lowest BCUT2D eigenvalue weighted by Crippen LogP contribution is -2.50. The van der Waals surface area contributed by atoms with Crippen molar-refractivity contribution in [3.8, 4) is 0 Å². The molecule has 0 spiro atoms. The van der Waals surface area contributed by atoms with Crippen LogP contribution >= 0.6 is 0 Å². The van der Waals surface area contributed by atoms with Crippen LogP contribution in [0.2, 0.25) is 0 Å². The number of amides is 2. The topological polar surface area (TPSA) is 45.6 Å². The molecule has 0 bridgehead atoms. The highest BCUT2D eigenvalue weighted by atomic mass is 16.2. The first-order chi connectivity index (χ1) is 12.1. The molecule has 1 aromatic rings. The molecule has 0 N–H and O–H groups in total. The summed E-state index contributed by atoms with van der Waals surface area (Å²) in [6, 6.07) is 4.08. The van der Waals surface area contributed by atoms with Crippen LogP contribution in [-0.2, 0) is 23.2 Å². The van der Waals surface area contributed by atoms with Crippen molar-refractivity contribution in [2.75, 3.05) is 13.1 Å². The maximum atomic E-state index is 13.1. The van der Waals surface area contributed by atoms with Gasteiger partial charge in [-0.1, -0.05) is 41.0 Å². The molecule has 0 saturated carbocycles. The molecule has 26 heavy (non-hydrogen) atoms. The smallest absolute Gasteiger partial charge is 0.242 e. The van der Waals surface area contributed by atoms with Crippen LogP contribution < -0.4 is 0 Å². The van der Waals surface area contributed by atoms with Crippen LogP contribution in [0.15, 0.2) is 18.3 Å². The quantitative estimate of drug-likeness (QED) is 0.669. The largest absolute Gasteiger partial charge is 0.353 e. The Morgan fingerprint density at radius 2 is 1.88 bits per heavy atom. The molecule has 1 unspecified atom stereocenters. The zero-order chi connectivity index (χ0) is 19.9. The van der Waals surface area contributed by atoms with E-state index < -0.39 is 5.41 Å². The predicted molar refractivity (Wildman–Crippen MR) is 107 cm³/mol. The maximum Gasteiger partial charge on any atom is 0.242 e. The summed E-state index contributed by atoms with van der Waals surface area (Å²) < 4.78 is 2.04. The Labute approximate surface area is 159 Å². The monoisotopic (exact) mass is 363 g/mol. The molecule has 5 heteroatoms. The van der Waals surface area contributed by atoms with E-state index in [9.17, 15) is 9.59 Å². The fourth-order valence-corrected chi connectivity index (χ4v) is 2.82. The highest BCUT2D eigenvalue weighted by Gasteiger charge is 2.32. The van der Waals surface area contributed by atoms with Crippen LogP contribution in [0.4, 0.5) is 0 Å². The molecular weight excluding hydrogens is 326 g/mol. The van der Waals surface area contributed by atoms with E-state index in [4.69, 9.17) is 0 Å². The fraction of sp³-hybridized carbons (Fsp3) is 0.714. The Morgan fingerprint density at radius 3 is 2.35 bits per heavy atom. The number of aromatic nitrogens is 1. The lowest BCUT2D eigenvalue weighted by Gasteiger charge is -2.35. The Kier molecular flexibility index (Phi) is 8.38. The van der Waals surface area contributed by atoms with E-state index >= 15 is 0 Å². The molecule has 148 valence electrons. The summed E-state index contributed by atoms with van der Waals surface area (Å²) in [5, 5.41) is 0. The summed E-state index contributed by atoms with van der Waals surface area (Å²) in [4.78, 5) is 29.6. The third kappa shape index (κ3) is 6.19. The molecule has 2 amide bonds. The molecular formula is C21H37N3O2. The minimum Gasteiger partial charge on any atom is -0.353 e. The fourth-order valence-electron chi connectivity index (χ4n) is 2.82. The summed E-state index contributed by atoms with van der Waals surface area (Å²) in [7, 11) is 1.99. The van der Waals surface area contributed by atoms with Crippen molar-refractivity contribution in [3.05, 3.63) is 24.0 Å². The summed E-state index contributed by atoms with van der Waals surface area (Å²) in [6.45, 7) is 13.4. The zero-order valence-corrected chi connectivity index (χ0v) is 17.7. The van der Waals surface area contributed by atoms with Gasteiger partial charge < -0.3 is 14.4 Å². The number of rotatable bonds is 9. The van der Waals surface area contributed by atoms with E-state index in [0.717, 1.165) is 31.5 Å². The number of nitrogens with zero attached hydrogens (tertiary/aromatic N) is 3. The van der Waals surface area contributed by atoms with Gasteiger partial charge in [0.2, 0.25) is 11.8 Å². The minimum atomic E-state index is -0.490. The van der Waals surface area contributed by atoms with E-state index in [0.29, 0.717) is 6.54 Å². The summed E-state index contributed by atoms with van der Waals surface area (Å²) >= 11 is 0.